The number of pyridine rings is 1. The minimum atomic E-state index is -4.37. The van der Waals surface area contributed by atoms with Crippen LogP contribution in [0.15, 0.2) is 23.2 Å². The van der Waals surface area contributed by atoms with E-state index in [2.05, 4.69) is 4.98 Å². The number of aromatic nitrogens is 1. The van der Waals surface area contributed by atoms with Crippen LogP contribution in [0.1, 0.15) is 6.42 Å². The first-order chi connectivity index (χ1) is 9.63. The van der Waals surface area contributed by atoms with Gasteiger partial charge in [-0.25, -0.2) is 8.42 Å². The second kappa shape index (κ2) is 6.23. The van der Waals surface area contributed by atoms with E-state index in [0.717, 1.165) is 12.1 Å². The summed E-state index contributed by atoms with van der Waals surface area (Å²) < 4.78 is 25.3. The molecule has 3 N–H and O–H groups in total. The highest BCUT2D eigenvalue weighted by molar-refractivity contribution is 7.89. The minimum Gasteiger partial charge on any atom is -0.481 e. The zero-order chi connectivity index (χ0) is 16.2. The molecule has 0 saturated heterocycles. The van der Waals surface area contributed by atoms with E-state index in [0.29, 0.717) is 6.20 Å². The molecule has 0 saturated carbocycles. The average molecular weight is 319 g/mol. The number of nitro groups is 1. The van der Waals surface area contributed by atoms with Crippen molar-refractivity contribution in [3.8, 4) is 0 Å². The Morgan fingerprint density at radius 3 is 2.38 bits per heavy atom. The zero-order valence-corrected chi connectivity index (χ0v) is 11.0. The third-order valence-corrected chi connectivity index (χ3v) is 3.65. The molecule has 0 fully saturated rings. The number of hydrogen-bond acceptors (Lipinski definition) is 7. The highest BCUT2D eigenvalue weighted by Crippen LogP contribution is 2.13. The molecule has 114 valence electrons. The van der Waals surface area contributed by atoms with Crippen LogP contribution in [-0.2, 0) is 19.6 Å². The van der Waals surface area contributed by atoms with Crippen LogP contribution in [0.3, 0.4) is 0 Å². The van der Waals surface area contributed by atoms with E-state index in [1.54, 1.807) is 4.72 Å². The Hall–Kier alpha value is -2.60. The van der Waals surface area contributed by atoms with Crippen LogP contribution in [0.25, 0.3) is 0 Å². The lowest BCUT2D eigenvalue weighted by Crippen LogP contribution is -2.42. The van der Waals surface area contributed by atoms with Crippen molar-refractivity contribution in [1.29, 1.82) is 0 Å². The number of sulfonamides is 1. The van der Waals surface area contributed by atoms with Gasteiger partial charge in [0, 0.05) is 6.07 Å². The highest BCUT2D eigenvalue weighted by atomic mass is 32.2. The van der Waals surface area contributed by atoms with E-state index < -0.39 is 50.1 Å². The van der Waals surface area contributed by atoms with Crippen molar-refractivity contribution in [2.45, 2.75) is 17.4 Å². The fourth-order valence-electron chi connectivity index (χ4n) is 1.25. The van der Waals surface area contributed by atoms with Gasteiger partial charge in [-0.2, -0.15) is 4.72 Å². The van der Waals surface area contributed by atoms with Gasteiger partial charge in [0.25, 0.3) is 0 Å². The lowest BCUT2D eigenvalue weighted by atomic mass is 10.2. The topological polar surface area (TPSA) is 177 Å². The summed E-state index contributed by atoms with van der Waals surface area (Å²) in [7, 11) is -4.37. The number of carboxylic acids is 2. The third-order valence-electron chi connectivity index (χ3n) is 2.19. The molecule has 1 heterocycles. The zero-order valence-electron chi connectivity index (χ0n) is 10.2. The molecule has 21 heavy (non-hydrogen) atoms. The van der Waals surface area contributed by atoms with Crippen molar-refractivity contribution < 1.29 is 33.1 Å². The van der Waals surface area contributed by atoms with E-state index in [1.807, 2.05) is 0 Å². The second-order valence-electron chi connectivity index (χ2n) is 3.72. The SMILES string of the molecule is O=C(O)CC(NS(=O)(=O)c1ccc([N+](=O)[O-])nc1)C(=O)O. The summed E-state index contributed by atoms with van der Waals surface area (Å²) in [6.07, 6.45) is -0.297. The standard InChI is InChI=1S/C9H9N3O8S/c13-8(14)3-6(9(15)16)11-21(19,20)5-1-2-7(10-4-5)12(17)18/h1-2,4,6,11H,3H2,(H,13,14)(H,15,16). The summed E-state index contributed by atoms with van der Waals surface area (Å²) in [6, 6.07) is -0.197. The Labute approximate surface area is 117 Å². The molecule has 0 spiro atoms. The molecule has 0 aliphatic rings. The van der Waals surface area contributed by atoms with Crippen molar-refractivity contribution in [2.75, 3.05) is 0 Å². The van der Waals surface area contributed by atoms with Gasteiger partial charge in [0.15, 0.2) is 6.20 Å². The molecule has 0 radical (unpaired) electrons. The monoisotopic (exact) mass is 319 g/mol. The Morgan fingerprint density at radius 1 is 1.38 bits per heavy atom. The van der Waals surface area contributed by atoms with Gasteiger partial charge in [-0.15, -0.1) is 0 Å². The molecule has 0 aliphatic heterocycles. The smallest absolute Gasteiger partial charge is 0.363 e. The van der Waals surface area contributed by atoms with Crippen LogP contribution in [0.5, 0.6) is 0 Å². The summed E-state index contributed by atoms with van der Waals surface area (Å²) >= 11 is 0. The normalized spacial score (nSPS) is 12.6. The first kappa shape index (κ1) is 16.5. The molecule has 1 unspecified atom stereocenters. The predicted molar refractivity (Wildman–Crippen MR) is 64.9 cm³/mol. The summed E-state index contributed by atoms with van der Waals surface area (Å²) in [5.41, 5.74) is 0. The number of nitrogens with zero attached hydrogens (tertiary/aromatic N) is 2. The summed E-state index contributed by atoms with van der Waals surface area (Å²) in [5, 5.41) is 27.7. The highest BCUT2D eigenvalue weighted by Gasteiger charge is 2.28. The van der Waals surface area contributed by atoms with Crippen LogP contribution in [-0.4, -0.2) is 46.5 Å². The molecule has 1 aromatic rings. The van der Waals surface area contributed by atoms with Crippen molar-refractivity contribution >= 4 is 27.8 Å². The van der Waals surface area contributed by atoms with Crippen LogP contribution in [0, 0.1) is 10.1 Å². The van der Waals surface area contributed by atoms with E-state index >= 15 is 0 Å². The average Bonchev–Trinajstić information content (AvgIpc) is 2.37. The molecule has 0 bridgehead atoms. The number of carboxylic acid groups (broad SMARTS) is 2. The Balaban J connectivity index is 3.01. The van der Waals surface area contributed by atoms with Gasteiger partial charge in [0.2, 0.25) is 10.0 Å². The summed E-state index contributed by atoms with van der Waals surface area (Å²) in [4.78, 5) is 33.6. The quantitative estimate of drug-likeness (QED) is 0.428. The largest absolute Gasteiger partial charge is 0.481 e. The molecule has 0 aliphatic carbocycles. The maximum Gasteiger partial charge on any atom is 0.363 e. The van der Waals surface area contributed by atoms with Gasteiger partial charge in [0.05, 0.1) is 6.42 Å². The fourth-order valence-corrected chi connectivity index (χ4v) is 2.38. The maximum absolute atomic E-state index is 11.8. The minimum absolute atomic E-state index is 0.523. The van der Waals surface area contributed by atoms with Gasteiger partial charge < -0.3 is 20.3 Å². The molecule has 1 aromatic heterocycles. The van der Waals surface area contributed by atoms with Crippen molar-refractivity contribution in [2.24, 2.45) is 0 Å². The van der Waals surface area contributed by atoms with Crippen LogP contribution >= 0.6 is 0 Å². The molecule has 1 rings (SSSR count). The van der Waals surface area contributed by atoms with E-state index in [4.69, 9.17) is 10.2 Å². The second-order valence-corrected chi connectivity index (χ2v) is 5.43. The van der Waals surface area contributed by atoms with Gasteiger partial charge in [0.1, 0.15) is 10.9 Å². The van der Waals surface area contributed by atoms with Gasteiger partial charge in [-0.1, -0.05) is 0 Å². The molecule has 0 aromatic carbocycles. The maximum atomic E-state index is 11.8. The summed E-state index contributed by atoms with van der Waals surface area (Å²) in [5.74, 6) is -3.77. The fraction of sp³-hybridized carbons (Fsp3) is 0.222. The molecule has 0 amide bonds. The molecule has 11 nitrogen and oxygen atoms in total. The summed E-state index contributed by atoms with van der Waals surface area (Å²) in [6.45, 7) is 0. The van der Waals surface area contributed by atoms with Gasteiger partial charge >= 0.3 is 17.8 Å². The number of aliphatic carboxylic acids is 2. The molecule has 1 atom stereocenters. The third kappa shape index (κ3) is 4.47. The number of carbonyl (C=O) groups is 2. The van der Waals surface area contributed by atoms with Crippen LogP contribution < -0.4 is 4.72 Å². The van der Waals surface area contributed by atoms with Crippen molar-refractivity contribution in [3.63, 3.8) is 0 Å². The lowest BCUT2D eigenvalue weighted by Gasteiger charge is -2.11. The van der Waals surface area contributed by atoms with E-state index in [1.165, 1.54) is 0 Å². The molecular weight excluding hydrogens is 310 g/mol. The first-order valence-electron chi connectivity index (χ1n) is 5.21. The van der Waals surface area contributed by atoms with Gasteiger partial charge in [-0.05, 0) is 16.0 Å². The molecular formula is C9H9N3O8S. The van der Waals surface area contributed by atoms with Crippen LogP contribution in [0.4, 0.5) is 5.82 Å². The van der Waals surface area contributed by atoms with E-state index in [9.17, 15) is 28.1 Å². The number of nitrogens with one attached hydrogen (secondary N) is 1. The van der Waals surface area contributed by atoms with Crippen molar-refractivity contribution in [3.05, 3.63) is 28.4 Å². The van der Waals surface area contributed by atoms with E-state index in [-0.39, 0.29) is 0 Å². The first-order valence-corrected chi connectivity index (χ1v) is 6.69. The van der Waals surface area contributed by atoms with Gasteiger partial charge in [-0.3, -0.25) is 9.59 Å². The predicted octanol–water partition coefficient (Wildman–Crippen LogP) is -0.804. The number of hydrogen-bond donors (Lipinski definition) is 3. The number of rotatable bonds is 7. The van der Waals surface area contributed by atoms with Crippen LogP contribution in [0.2, 0.25) is 0 Å². The Kier molecular flexibility index (Phi) is 4.88. The molecule has 12 heteroatoms. The lowest BCUT2D eigenvalue weighted by molar-refractivity contribution is -0.389. The Bertz CT molecular complexity index is 669. The van der Waals surface area contributed by atoms with Crippen molar-refractivity contribution in [1.82, 2.24) is 9.71 Å². The Morgan fingerprint density at radius 2 is 2.00 bits per heavy atom.